The predicted molar refractivity (Wildman–Crippen MR) is 99.4 cm³/mol. The summed E-state index contributed by atoms with van der Waals surface area (Å²) in [5.74, 6) is 0.0737. The number of carbonyl (C=O) groups excluding carboxylic acids is 1. The summed E-state index contributed by atoms with van der Waals surface area (Å²) in [6.45, 7) is 0. The molecule has 0 atom stereocenters. The molecule has 0 unspecified atom stereocenters. The van der Waals surface area contributed by atoms with Gasteiger partial charge in [0.2, 0.25) is 0 Å². The maximum Gasteiger partial charge on any atom is 0.112 e. The van der Waals surface area contributed by atoms with E-state index in [1.807, 2.05) is 97.1 Å². The minimum Gasteiger partial charge on any atom is -0.748 e. The number of ketones is 1. The zero-order valence-electron chi connectivity index (χ0n) is 13.7. The Kier molecular flexibility index (Phi) is 7.15. The van der Waals surface area contributed by atoms with Crippen LogP contribution in [0.3, 0.4) is 0 Å². The molecule has 0 aliphatic rings. The van der Waals surface area contributed by atoms with Gasteiger partial charge in [-0.05, 0) is 11.1 Å². The third-order valence-electron chi connectivity index (χ3n) is 3.73. The Morgan fingerprint density at radius 3 is 1.64 bits per heavy atom. The van der Waals surface area contributed by atoms with Gasteiger partial charge in [0, 0.05) is 17.1 Å². The molecule has 0 saturated heterocycles. The number of hydrogen-bond donors (Lipinski definition) is 0. The summed E-state index contributed by atoms with van der Waals surface area (Å²) in [5.41, 5.74) is 3.76. The van der Waals surface area contributed by atoms with Crippen LogP contribution in [-0.2, 0) is 17.1 Å². The molecule has 0 fully saturated rings. The van der Waals surface area contributed by atoms with Gasteiger partial charge in [0.15, 0.2) is 0 Å². The average molecular weight is 366 g/mol. The molecule has 0 spiro atoms. The van der Waals surface area contributed by atoms with Crippen molar-refractivity contribution in [3.8, 4) is 11.1 Å². The van der Waals surface area contributed by atoms with Crippen molar-refractivity contribution in [2.24, 2.45) is 0 Å². The van der Waals surface area contributed by atoms with Crippen LogP contribution in [0.15, 0.2) is 109 Å². The first kappa shape index (κ1) is 18.7. The van der Waals surface area contributed by atoms with Crippen molar-refractivity contribution in [3.63, 3.8) is 0 Å². The SMILES string of the molecule is O=C(c1ccc(-c2ccccc2)cc1)[c-]1cccc1.[Fe].[cH-]1[cH-][cH-][cH-][cH-]1. The smallest absolute Gasteiger partial charge is 0.112 e. The fourth-order valence-electron chi connectivity index (χ4n) is 2.46. The van der Waals surface area contributed by atoms with Crippen molar-refractivity contribution in [1.29, 1.82) is 0 Å². The first-order valence-electron chi connectivity index (χ1n) is 7.93. The Balaban J connectivity index is 0.000000325. The monoisotopic (exact) mass is 366 g/mol. The van der Waals surface area contributed by atoms with Crippen LogP contribution in [0.2, 0.25) is 0 Å². The number of carbonyl (C=O) groups is 1. The maximum atomic E-state index is 12.2. The van der Waals surface area contributed by atoms with Crippen molar-refractivity contribution < 1.29 is 21.9 Å². The molecule has 0 radical (unpaired) electrons. The van der Waals surface area contributed by atoms with Crippen LogP contribution in [-0.4, -0.2) is 5.78 Å². The van der Waals surface area contributed by atoms with Crippen molar-refractivity contribution in [3.05, 3.63) is 120 Å². The number of hydrogen-bond acceptors (Lipinski definition) is 1. The third kappa shape index (κ3) is 5.15. The molecule has 1 nitrogen and oxygen atoms in total. The second kappa shape index (κ2) is 9.58. The van der Waals surface area contributed by atoms with Gasteiger partial charge < -0.3 is 35.1 Å². The van der Waals surface area contributed by atoms with Gasteiger partial charge in [-0.15, -0.1) is 12.1 Å². The third-order valence-corrected chi connectivity index (χ3v) is 3.73. The van der Waals surface area contributed by atoms with Crippen LogP contribution in [0.25, 0.3) is 11.1 Å². The summed E-state index contributed by atoms with van der Waals surface area (Å²) in [4.78, 5) is 12.2. The van der Waals surface area contributed by atoms with Gasteiger partial charge in [0.1, 0.15) is 5.78 Å². The van der Waals surface area contributed by atoms with E-state index in [4.69, 9.17) is 0 Å². The van der Waals surface area contributed by atoms with Gasteiger partial charge in [0.05, 0.1) is 0 Å². The Bertz CT molecular complexity index is 825. The average Bonchev–Trinajstić information content (AvgIpc) is 3.38. The molecule has 0 aliphatic heterocycles. The molecule has 2 heteroatoms. The minimum absolute atomic E-state index is 0. The van der Waals surface area contributed by atoms with E-state index in [1.165, 1.54) is 0 Å². The predicted octanol–water partition coefficient (Wildman–Crippen LogP) is 5.71. The van der Waals surface area contributed by atoms with Gasteiger partial charge in [0.25, 0.3) is 0 Å². The van der Waals surface area contributed by atoms with Crippen LogP contribution in [0.1, 0.15) is 15.9 Å². The minimum atomic E-state index is 0. The van der Waals surface area contributed by atoms with Crippen LogP contribution in [0, 0.1) is 0 Å². The fourth-order valence-corrected chi connectivity index (χ4v) is 2.46. The van der Waals surface area contributed by atoms with E-state index in [1.54, 1.807) is 0 Å². The van der Waals surface area contributed by atoms with E-state index in [9.17, 15) is 4.79 Å². The van der Waals surface area contributed by atoms with Crippen LogP contribution in [0.4, 0.5) is 0 Å². The summed E-state index contributed by atoms with van der Waals surface area (Å²) < 4.78 is 0. The molecule has 130 valence electrons. The molecule has 4 aromatic carbocycles. The molecule has 0 heterocycles. The number of benzene rings is 2. The van der Waals surface area contributed by atoms with Crippen molar-refractivity contribution >= 4 is 5.78 Å². The standard InChI is InChI=1S/C18H13O.C5H5.Fe/c19-18(16-8-4-5-9-16)17-12-10-15(11-13-17)14-6-2-1-3-7-14;1-2-4-5-3-1;/h1-13H;1-5H;/q-1;-5;. The van der Waals surface area contributed by atoms with E-state index in [0.717, 1.165) is 22.3 Å². The molecule has 0 N–H and O–H groups in total. The van der Waals surface area contributed by atoms with Gasteiger partial charge in [-0.25, -0.2) is 0 Å². The molecule has 0 amide bonds. The summed E-state index contributed by atoms with van der Waals surface area (Å²) >= 11 is 0. The molecule has 4 rings (SSSR count). The molecule has 0 bridgehead atoms. The summed E-state index contributed by atoms with van der Waals surface area (Å²) in [6, 6.07) is 35.3. The Morgan fingerprint density at radius 1 is 0.640 bits per heavy atom. The van der Waals surface area contributed by atoms with Crippen LogP contribution < -0.4 is 0 Å². The van der Waals surface area contributed by atoms with E-state index in [0.29, 0.717) is 0 Å². The zero-order chi connectivity index (χ0) is 16.6. The molecular formula is C23H18FeO-6. The normalized spacial score (nSPS) is 9.44. The molecule has 0 aromatic heterocycles. The first-order valence-corrected chi connectivity index (χ1v) is 7.93. The van der Waals surface area contributed by atoms with E-state index in [2.05, 4.69) is 12.1 Å². The van der Waals surface area contributed by atoms with E-state index >= 15 is 0 Å². The first-order chi connectivity index (χ1) is 11.8. The zero-order valence-corrected chi connectivity index (χ0v) is 14.8. The quantitative estimate of drug-likeness (QED) is 0.258. The second-order valence-electron chi connectivity index (χ2n) is 5.41. The summed E-state index contributed by atoms with van der Waals surface area (Å²) in [7, 11) is 0. The van der Waals surface area contributed by atoms with Gasteiger partial charge in [-0.2, -0.15) is 12.1 Å². The molecule has 0 saturated carbocycles. The Labute approximate surface area is 159 Å². The van der Waals surface area contributed by atoms with E-state index in [-0.39, 0.29) is 22.9 Å². The Hall–Kier alpha value is -2.67. The van der Waals surface area contributed by atoms with Crippen molar-refractivity contribution in [2.45, 2.75) is 0 Å². The van der Waals surface area contributed by atoms with Gasteiger partial charge >= 0.3 is 0 Å². The topological polar surface area (TPSA) is 17.1 Å². The van der Waals surface area contributed by atoms with Crippen molar-refractivity contribution in [2.75, 3.05) is 0 Å². The van der Waals surface area contributed by atoms with Crippen LogP contribution in [0.5, 0.6) is 0 Å². The molecule has 25 heavy (non-hydrogen) atoms. The maximum absolute atomic E-state index is 12.2. The van der Waals surface area contributed by atoms with E-state index < -0.39 is 0 Å². The van der Waals surface area contributed by atoms with Gasteiger partial charge in [-0.1, -0.05) is 65.7 Å². The van der Waals surface area contributed by atoms with Crippen molar-refractivity contribution in [1.82, 2.24) is 0 Å². The molecule has 0 aliphatic carbocycles. The number of rotatable bonds is 3. The van der Waals surface area contributed by atoms with Crippen LogP contribution >= 0.6 is 0 Å². The van der Waals surface area contributed by atoms with Gasteiger partial charge in [-0.3, -0.25) is 0 Å². The molecule has 4 aromatic rings. The fraction of sp³-hybridized carbons (Fsp3) is 0. The summed E-state index contributed by atoms with van der Waals surface area (Å²) in [5, 5.41) is 0. The molecular weight excluding hydrogens is 348 g/mol. The largest absolute Gasteiger partial charge is 0.748 e. The summed E-state index contributed by atoms with van der Waals surface area (Å²) in [6.07, 6.45) is 0. The second-order valence-corrected chi connectivity index (χ2v) is 5.41. The Morgan fingerprint density at radius 2 is 1.12 bits per heavy atom.